The Bertz CT molecular complexity index is 537. The van der Waals surface area contributed by atoms with Crippen molar-refractivity contribution in [3.63, 3.8) is 0 Å². The maximum atomic E-state index is 12.1. The fraction of sp³-hybridized carbons (Fsp3) is 0.588. The normalized spacial score (nSPS) is 24.3. The first-order valence-corrected chi connectivity index (χ1v) is 7.97. The molecular weight excluding hydrogens is 280 g/mol. The number of benzene rings is 1. The van der Waals surface area contributed by atoms with Crippen molar-refractivity contribution in [3.8, 4) is 11.5 Å². The number of hydrogen-bond donors (Lipinski definition) is 1. The molecule has 2 aliphatic rings. The first-order valence-electron chi connectivity index (χ1n) is 7.97. The van der Waals surface area contributed by atoms with Crippen LogP contribution in [0, 0.1) is 11.8 Å². The number of amides is 1. The van der Waals surface area contributed by atoms with Crippen LogP contribution in [0.25, 0.3) is 0 Å². The van der Waals surface area contributed by atoms with E-state index in [1.807, 2.05) is 18.2 Å². The third kappa shape index (κ3) is 3.71. The molecular formula is C17H24N2O3. The molecule has 1 fully saturated rings. The average molecular weight is 304 g/mol. The van der Waals surface area contributed by atoms with Crippen molar-refractivity contribution in [2.45, 2.75) is 26.8 Å². The lowest BCUT2D eigenvalue weighted by atomic mass is 9.92. The minimum Gasteiger partial charge on any atom is -0.454 e. The van der Waals surface area contributed by atoms with E-state index in [0.717, 1.165) is 30.2 Å². The first kappa shape index (κ1) is 15.2. The second kappa shape index (κ2) is 6.57. The van der Waals surface area contributed by atoms with Crippen LogP contribution in [0.5, 0.6) is 11.5 Å². The molecule has 1 amide bonds. The molecule has 0 aliphatic carbocycles. The summed E-state index contributed by atoms with van der Waals surface area (Å²) >= 11 is 0. The fourth-order valence-corrected chi connectivity index (χ4v) is 3.43. The number of nitrogens with zero attached hydrogens (tertiary/aromatic N) is 1. The number of nitrogens with one attached hydrogen (secondary N) is 1. The van der Waals surface area contributed by atoms with Gasteiger partial charge in [0, 0.05) is 19.6 Å². The van der Waals surface area contributed by atoms with Crippen molar-refractivity contribution >= 4 is 5.91 Å². The summed E-state index contributed by atoms with van der Waals surface area (Å²) < 4.78 is 10.6. The molecule has 1 N–H and O–H groups in total. The van der Waals surface area contributed by atoms with E-state index in [-0.39, 0.29) is 12.7 Å². The van der Waals surface area contributed by atoms with Crippen LogP contribution in [0.3, 0.4) is 0 Å². The quantitative estimate of drug-likeness (QED) is 0.924. The molecule has 0 bridgehead atoms. The molecule has 1 aromatic carbocycles. The number of fused-ring (bicyclic) bond motifs is 1. The van der Waals surface area contributed by atoms with Crippen LogP contribution in [-0.4, -0.2) is 37.2 Å². The molecule has 5 heteroatoms. The molecule has 22 heavy (non-hydrogen) atoms. The molecule has 3 rings (SSSR count). The zero-order valence-corrected chi connectivity index (χ0v) is 13.3. The summed E-state index contributed by atoms with van der Waals surface area (Å²) in [5.41, 5.74) is 1.03. The third-order valence-electron chi connectivity index (χ3n) is 4.24. The number of carbonyl (C=O) groups is 1. The van der Waals surface area contributed by atoms with E-state index < -0.39 is 0 Å². The summed E-state index contributed by atoms with van der Waals surface area (Å²) in [4.78, 5) is 14.4. The molecule has 2 atom stereocenters. The number of hydrogen-bond acceptors (Lipinski definition) is 4. The molecule has 0 radical (unpaired) electrons. The Morgan fingerprint density at radius 2 is 1.95 bits per heavy atom. The van der Waals surface area contributed by atoms with E-state index in [9.17, 15) is 4.79 Å². The lowest BCUT2D eigenvalue weighted by molar-refractivity contribution is -0.123. The maximum Gasteiger partial charge on any atom is 0.234 e. The van der Waals surface area contributed by atoms with Crippen LogP contribution in [-0.2, 0) is 11.3 Å². The highest BCUT2D eigenvalue weighted by atomic mass is 16.7. The van der Waals surface area contributed by atoms with Gasteiger partial charge in [0.15, 0.2) is 11.5 Å². The molecule has 120 valence electrons. The van der Waals surface area contributed by atoms with Gasteiger partial charge in [-0.05, 0) is 36.0 Å². The van der Waals surface area contributed by atoms with Crippen LogP contribution < -0.4 is 14.8 Å². The molecule has 0 spiro atoms. The monoisotopic (exact) mass is 304 g/mol. The average Bonchev–Trinajstić information content (AvgIpc) is 2.91. The van der Waals surface area contributed by atoms with Gasteiger partial charge in [-0.2, -0.15) is 0 Å². The van der Waals surface area contributed by atoms with Crippen LogP contribution in [0.4, 0.5) is 0 Å². The van der Waals surface area contributed by atoms with Crippen molar-refractivity contribution < 1.29 is 14.3 Å². The smallest absolute Gasteiger partial charge is 0.234 e. The number of likely N-dealkylation sites (tertiary alicyclic amines) is 1. The number of rotatable bonds is 4. The molecule has 0 unspecified atom stereocenters. The summed E-state index contributed by atoms with van der Waals surface area (Å²) in [5.74, 6) is 2.95. The Morgan fingerprint density at radius 3 is 2.73 bits per heavy atom. The summed E-state index contributed by atoms with van der Waals surface area (Å²) in [7, 11) is 0. The fourth-order valence-electron chi connectivity index (χ4n) is 3.43. The van der Waals surface area contributed by atoms with Gasteiger partial charge >= 0.3 is 0 Å². The van der Waals surface area contributed by atoms with Gasteiger partial charge in [0.2, 0.25) is 12.7 Å². The van der Waals surface area contributed by atoms with Crippen LogP contribution in [0.15, 0.2) is 18.2 Å². The van der Waals surface area contributed by atoms with E-state index in [0.29, 0.717) is 24.9 Å². The van der Waals surface area contributed by atoms with E-state index in [1.165, 1.54) is 6.42 Å². The van der Waals surface area contributed by atoms with Crippen molar-refractivity contribution in [1.29, 1.82) is 0 Å². The van der Waals surface area contributed by atoms with Gasteiger partial charge in [-0.3, -0.25) is 9.69 Å². The van der Waals surface area contributed by atoms with Gasteiger partial charge in [0.05, 0.1) is 6.54 Å². The highest BCUT2D eigenvalue weighted by molar-refractivity contribution is 5.78. The Hall–Kier alpha value is -1.75. The van der Waals surface area contributed by atoms with Crippen molar-refractivity contribution in [2.24, 2.45) is 11.8 Å². The Kier molecular flexibility index (Phi) is 4.52. The molecule has 1 saturated heterocycles. The van der Waals surface area contributed by atoms with Gasteiger partial charge in [-0.1, -0.05) is 19.9 Å². The summed E-state index contributed by atoms with van der Waals surface area (Å²) in [6, 6.07) is 5.77. The van der Waals surface area contributed by atoms with Crippen LogP contribution in [0.2, 0.25) is 0 Å². The van der Waals surface area contributed by atoms with Crippen LogP contribution in [0.1, 0.15) is 25.8 Å². The van der Waals surface area contributed by atoms with Gasteiger partial charge in [-0.25, -0.2) is 0 Å². The van der Waals surface area contributed by atoms with Gasteiger partial charge in [-0.15, -0.1) is 0 Å². The summed E-state index contributed by atoms with van der Waals surface area (Å²) in [5, 5.41) is 2.99. The van der Waals surface area contributed by atoms with Crippen molar-refractivity contribution in [1.82, 2.24) is 10.2 Å². The SMILES string of the molecule is C[C@H]1C[C@H](C)CN(CC(=O)NCc2ccc3c(c2)OCO3)C1. The predicted octanol–water partition coefficient (Wildman–Crippen LogP) is 2.01. The van der Waals surface area contributed by atoms with Crippen molar-refractivity contribution in [3.05, 3.63) is 23.8 Å². The van der Waals surface area contributed by atoms with E-state index in [1.54, 1.807) is 0 Å². The molecule has 0 aromatic heterocycles. The predicted molar refractivity (Wildman–Crippen MR) is 83.8 cm³/mol. The first-order chi connectivity index (χ1) is 10.6. The van der Waals surface area contributed by atoms with E-state index in [2.05, 4.69) is 24.1 Å². The van der Waals surface area contributed by atoms with Gasteiger partial charge < -0.3 is 14.8 Å². The molecule has 2 aliphatic heterocycles. The van der Waals surface area contributed by atoms with Gasteiger partial charge in [0.25, 0.3) is 0 Å². The number of ether oxygens (including phenoxy) is 2. The van der Waals surface area contributed by atoms with E-state index >= 15 is 0 Å². The molecule has 5 nitrogen and oxygen atoms in total. The Balaban J connectivity index is 1.48. The lowest BCUT2D eigenvalue weighted by Gasteiger charge is -2.34. The zero-order chi connectivity index (χ0) is 15.5. The maximum absolute atomic E-state index is 12.1. The minimum absolute atomic E-state index is 0.0824. The number of piperidine rings is 1. The standard InChI is InChI=1S/C17H24N2O3/c1-12-5-13(2)9-19(8-12)10-17(20)18-7-14-3-4-15-16(6-14)22-11-21-15/h3-4,6,12-13H,5,7-11H2,1-2H3,(H,18,20)/t12-,13-/m0/s1. The number of carbonyl (C=O) groups excluding carboxylic acids is 1. The lowest BCUT2D eigenvalue weighted by Crippen LogP contribution is -2.44. The van der Waals surface area contributed by atoms with Gasteiger partial charge in [0.1, 0.15) is 0 Å². The second-order valence-electron chi connectivity index (χ2n) is 6.60. The Labute approximate surface area is 131 Å². The second-order valence-corrected chi connectivity index (χ2v) is 6.60. The van der Waals surface area contributed by atoms with Crippen molar-refractivity contribution in [2.75, 3.05) is 26.4 Å². The molecule has 0 saturated carbocycles. The highest BCUT2D eigenvalue weighted by Gasteiger charge is 2.23. The highest BCUT2D eigenvalue weighted by Crippen LogP contribution is 2.32. The van der Waals surface area contributed by atoms with E-state index in [4.69, 9.17) is 9.47 Å². The molecule has 2 heterocycles. The summed E-state index contributed by atoms with van der Waals surface area (Å²) in [6.07, 6.45) is 1.26. The molecule has 1 aromatic rings. The third-order valence-corrected chi connectivity index (χ3v) is 4.24. The minimum atomic E-state index is 0.0824. The van der Waals surface area contributed by atoms with Crippen LogP contribution >= 0.6 is 0 Å². The summed E-state index contributed by atoms with van der Waals surface area (Å²) in [6.45, 7) is 7.83. The topological polar surface area (TPSA) is 50.8 Å². The zero-order valence-electron chi connectivity index (χ0n) is 13.3. The largest absolute Gasteiger partial charge is 0.454 e. The Morgan fingerprint density at radius 1 is 1.23 bits per heavy atom.